The van der Waals surface area contributed by atoms with Crippen molar-refractivity contribution in [3.63, 3.8) is 0 Å². The molecule has 0 aromatic heterocycles. The van der Waals surface area contributed by atoms with Gasteiger partial charge in [0.2, 0.25) is 0 Å². The van der Waals surface area contributed by atoms with Crippen LogP contribution >= 0.6 is 15.9 Å². The fraction of sp³-hybridized carbons (Fsp3) is 0.500. The molecule has 1 aromatic carbocycles. The normalized spacial score (nSPS) is 15.4. The minimum atomic E-state index is 0.0905. The second-order valence-electron chi connectivity index (χ2n) is 4.26. The largest absolute Gasteiger partial charge is 0.392 e. The molecule has 2 nitrogen and oxygen atoms in total. The zero-order valence-corrected chi connectivity index (χ0v) is 10.5. The second-order valence-corrected chi connectivity index (χ2v) is 5.11. The molecule has 0 amide bonds. The Balaban J connectivity index is 2.09. The van der Waals surface area contributed by atoms with Gasteiger partial charge in [-0.15, -0.1) is 0 Å². The van der Waals surface area contributed by atoms with Crippen molar-refractivity contribution in [2.45, 2.75) is 19.4 Å². The maximum atomic E-state index is 9.06. The van der Waals surface area contributed by atoms with Crippen LogP contribution in [-0.4, -0.2) is 18.7 Å². The van der Waals surface area contributed by atoms with Gasteiger partial charge in [-0.25, -0.2) is 0 Å². The molecule has 0 radical (unpaired) electrons. The van der Waals surface area contributed by atoms with E-state index in [1.165, 1.54) is 18.5 Å². The molecular formula is C12H16BrNO. The van der Waals surface area contributed by atoms with E-state index in [0.29, 0.717) is 0 Å². The van der Waals surface area contributed by atoms with Crippen LogP contribution in [0.3, 0.4) is 0 Å². The summed E-state index contributed by atoms with van der Waals surface area (Å²) in [5.41, 5.74) is 2.16. The van der Waals surface area contributed by atoms with Crippen molar-refractivity contribution in [2.75, 3.05) is 18.5 Å². The van der Waals surface area contributed by atoms with E-state index in [9.17, 15) is 0 Å². The highest BCUT2D eigenvalue weighted by Gasteiger charge is 2.23. The number of hydrogen-bond acceptors (Lipinski definition) is 2. The molecule has 0 saturated heterocycles. The number of halogens is 1. The number of aliphatic hydroxyl groups excluding tert-OH is 1. The van der Waals surface area contributed by atoms with Gasteiger partial charge in [-0.2, -0.15) is 0 Å². The zero-order chi connectivity index (χ0) is 10.8. The van der Waals surface area contributed by atoms with E-state index >= 15 is 0 Å². The number of anilines is 1. The van der Waals surface area contributed by atoms with Gasteiger partial charge in [-0.3, -0.25) is 0 Å². The number of hydrogen-bond donors (Lipinski definition) is 1. The monoisotopic (exact) mass is 269 g/mol. The van der Waals surface area contributed by atoms with Crippen LogP contribution in [0.4, 0.5) is 5.69 Å². The van der Waals surface area contributed by atoms with E-state index in [-0.39, 0.29) is 6.61 Å². The predicted molar refractivity (Wildman–Crippen MR) is 66.1 cm³/mol. The Hall–Kier alpha value is -0.540. The van der Waals surface area contributed by atoms with E-state index in [2.05, 4.69) is 40.0 Å². The first kappa shape index (κ1) is 11.0. The lowest BCUT2D eigenvalue weighted by Crippen LogP contribution is -2.19. The summed E-state index contributed by atoms with van der Waals surface area (Å²) in [6.45, 7) is 1.23. The van der Waals surface area contributed by atoms with Gasteiger partial charge in [0.15, 0.2) is 0 Å². The highest BCUT2D eigenvalue weighted by molar-refractivity contribution is 9.10. The summed E-state index contributed by atoms with van der Waals surface area (Å²) in [4.78, 5) is 2.28. The van der Waals surface area contributed by atoms with E-state index in [4.69, 9.17) is 5.11 Å². The standard InChI is InChI=1S/C12H16BrNO/c1-14(7-9-2-3-9)11-5-4-10(8-15)12(13)6-11/h4-6,9,15H,2-3,7-8H2,1H3. The van der Waals surface area contributed by atoms with Crippen molar-refractivity contribution in [1.29, 1.82) is 0 Å². The lowest BCUT2D eigenvalue weighted by atomic mass is 10.2. The molecule has 1 fully saturated rings. The molecule has 1 aliphatic rings. The van der Waals surface area contributed by atoms with Crippen molar-refractivity contribution < 1.29 is 5.11 Å². The van der Waals surface area contributed by atoms with Crippen molar-refractivity contribution in [2.24, 2.45) is 5.92 Å². The molecular weight excluding hydrogens is 254 g/mol. The van der Waals surface area contributed by atoms with Crippen LogP contribution in [0.2, 0.25) is 0 Å². The summed E-state index contributed by atoms with van der Waals surface area (Å²) >= 11 is 3.47. The van der Waals surface area contributed by atoms with Gasteiger partial charge in [0.25, 0.3) is 0 Å². The predicted octanol–water partition coefficient (Wildman–Crippen LogP) is 2.79. The molecule has 0 bridgehead atoms. The van der Waals surface area contributed by atoms with Gasteiger partial charge in [-0.1, -0.05) is 22.0 Å². The second kappa shape index (κ2) is 4.54. The van der Waals surface area contributed by atoms with Crippen LogP contribution in [-0.2, 0) is 6.61 Å². The van der Waals surface area contributed by atoms with Crippen LogP contribution in [0, 0.1) is 5.92 Å². The summed E-state index contributed by atoms with van der Waals surface area (Å²) in [6.07, 6.45) is 2.75. The average molecular weight is 270 g/mol. The third kappa shape index (κ3) is 2.73. The zero-order valence-electron chi connectivity index (χ0n) is 8.91. The number of benzene rings is 1. The van der Waals surface area contributed by atoms with Gasteiger partial charge in [-0.05, 0) is 36.5 Å². The van der Waals surface area contributed by atoms with Crippen molar-refractivity contribution in [3.05, 3.63) is 28.2 Å². The molecule has 0 heterocycles. The number of aliphatic hydroxyl groups is 1. The molecule has 3 heteroatoms. The molecule has 82 valence electrons. The molecule has 0 spiro atoms. The van der Waals surface area contributed by atoms with E-state index in [1.54, 1.807) is 0 Å². The van der Waals surface area contributed by atoms with Gasteiger partial charge in [0, 0.05) is 23.8 Å². The lowest BCUT2D eigenvalue weighted by molar-refractivity contribution is 0.281. The number of rotatable bonds is 4. The number of nitrogens with zero attached hydrogens (tertiary/aromatic N) is 1. The fourth-order valence-corrected chi connectivity index (χ4v) is 2.19. The minimum absolute atomic E-state index is 0.0905. The summed E-state index contributed by atoms with van der Waals surface area (Å²) in [7, 11) is 2.12. The minimum Gasteiger partial charge on any atom is -0.392 e. The lowest BCUT2D eigenvalue weighted by Gasteiger charge is -2.19. The molecule has 0 aliphatic heterocycles. The van der Waals surface area contributed by atoms with Gasteiger partial charge in [0.1, 0.15) is 0 Å². The van der Waals surface area contributed by atoms with Gasteiger partial charge in [0.05, 0.1) is 6.61 Å². The Morgan fingerprint density at radius 2 is 2.20 bits per heavy atom. The first-order chi connectivity index (χ1) is 7.20. The van der Waals surface area contributed by atoms with Crippen LogP contribution in [0.1, 0.15) is 18.4 Å². The maximum Gasteiger partial charge on any atom is 0.0692 e. The highest BCUT2D eigenvalue weighted by Crippen LogP contribution is 2.31. The highest BCUT2D eigenvalue weighted by atomic mass is 79.9. The van der Waals surface area contributed by atoms with Crippen LogP contribution in [0.15, 0.2) is 22.7 Å². The Morgan fingerprint density at radius 3 is 2.73 bits per heavy atom. The average Bonchev–Trinajstić information content (AvgIpc) is 3.01. The first-order valence-electron chi connectivity index (χ1n) is 5.31. The van der Waals surface area contributed by atoms with E-state index in [1.807, 2.05) is 6.07 Å². The van der Waals surface area contributed by atoms with E-state index in [0.717, 1.165) is 22.5 Å². The molecule has 0 atom stereocenters. The maximum absolute atomic E-state index is 9.06. The van der Waals surface area contributed by atoms with Gasteiger partial charge < -0.3 is 10.0 Å². The summed E-state index contributed by atoms with van der Waals surface area (Å²) in [5, 5.41) is 9.06. The molecule has 15 heavy (non-hydrogen) atoms. The molecule has 1 N–H and O–H groups in total. The molecule has 1 saturated carbocycles. The molecule has 1 aromatic rings. The smallest absolute Gasteiger partial charge is 0.0692 e. The summed E-state index contributed by atoms with van der Waals surface area (Å²) in [5.74, 6) is 0.895. The quantitative estimate of drug-likeness (QED) is 0.909. The SMILES string of the molecule is CN(CC1CC1)c1ccc(CO)c(Br)c1. The third-order valence-electron chi connectivity index (χ3n) is 2.88. The van der Waals surface area contributed by atoms with Gasteiger partial charge >= 0.3 is 0 Å². The Bertz CT molecular complexity index is 349. The molecule has 1 aliphatic carbocycles. The Kier molecular flexibility index (Phi) is 3.32. The van der Waals surface area contributed by atoms with Crippen LogP contribution < -0.4 is 4.90 Å². The van der Waals surface area contributed by atoms with Crippen LogP contribution in [0.5, 0.6) is 0 Å². The summed E-state index contributed by atoms with van der Waals surface area (Å²) in [6, 6.07) is 6.12. The Morgan fingerprint density at radius 1 is 1.47 bits per heavy atom. The Labute approximate surface area is 99.0 Å². The molecule has 2 rings (SSSR count). The van der Waals surface area contributed by atoms with E-state index < -0.39 is 0 Å². The first-order valence-corrected chi connectivity index (χ1v) is 6.10. The summed E-state index contributed by atoms with van der Waals surface area (Å²) < 4.78 is 0.991. The fourth-order valence-electron chi connectivity index (χ4n) is 1.70. The van der Waals surface area contributed by atoms with Crippen molar-refractivity contribution >= 4 is 21.6 Å². The van der Waals surface area contributed by atoms with Crippen molar-refractivity contribution in [3.8, 4) is 0 Å². The molecule has 0 unspecified atom stereocenters. The van der Waals surface area contributed by atoms with Crippen LogP contribution in [0.25, 0.3) is 0 Å². The van der Waals surface area contributed by atoms with Crippen molar-refractivity contribution in [1.82, 2.24) is 0 Å². The topological polar surface area (TPSA) is 23.5 Å². The third-order valence-corrected chi connectivity index (χ3v) is 3.61.